The zero-order valence-corrected chi connectivity index (χ0v) is 17.9. The van der Waals surface area contributed by atoms with E-state index in [1.165, 1.54) is 41.0 Å². The van der Waals surface area contributed by atoms with Crippen molar-refractivity contribution in [3.8, 4) is 23.0 Å². The van der Waals surface area contributed by atoms with Crippen molar-refractivity contribution in [1.82, 2.24) is 4.57 Å². The van der Waals surface area contributed by atoms with Crippen molar-refractivity contribution >= 4 is 31.6 Å². The number of nitrogens with zero attached hydrogens (tertiary/aromatic N) is 1. The van der Waals surface area contributed by atoms with Crippen LogP contribution in [-0.4, -0.2) is 33.4 Å². The maximum absolute atomic E-state index is 14.0. The minimum absolute atomic E-state index is 0.0587. The first-order valence-corrected chi connectivity index (χ1v) is 11.6. The van der Waals surface area contributed by atoms with Gasteiger partial charge < -0.3 is 25.0 Å². The van der Waals surface area contributed by atoms with E-state index in [1.54, 1.807) is 48.5 Å². The molecule has 4 N–H and O–H groups in total. The first-order valence-electron chi connectivity index (χ1n) is 10.0. The Bertz CT molecular complexity index is 1610. The lowest BCUT2D eigenvalue weighted by atomic mass is 10.1. The number of sulfone groups is 1. The molecular formula is C25H19NO6S. The summed E-state index contributed by atoms with van der Waals surface area (Å²) in [7, 11) is -4.09. The Labute approximate surface area is 188 Å². The number of rotatable bonds is 4. The molecule has 0 radical (unpaired) electrons. The van der Waals surface area contributed by atoms with E-state index in [4.69, 9.17) is 0 Å². The number of aromatic nitrogens is 1. The lowest BCUT2D eigenvalue weighted by Crippen LogP contribution is -2.21. The van der Waals surface area contributed by atoms with Crippen LogP contribution in [0.4, 0.5) is 0 Å². The van der Waals surface area contributed by atoms with Crippen LogP contribution in [-0.2, 0) is 9.84 Å². The van der Waals surface area contributed by atoms with Crippen LogP contribution in [0.15, 0.2) is 89.8 Å². The topological polar surface area (TPSA) is 120 Å². The van der Waals surface area contributed by atoms with Crippen LogP contribution >= 0.6 is 0 Å². The van der Waals surface area contributed by atoms with E-state index < -0.39 is 38.2 Å². The third-order valence-corrected chi connectivity index (χ3v) is 7.70. The molecule has 1 unspecified atom stereocenters. The van der Waals surface area contributed by atoms with Gasteiger partial charge in [-0.05, 0) is 35.9 Å². The second kappa shape index (κ2) is 7.46. The van der Waals surface area contributed by atoms with Crippen LogP contribution in [0.25, 0.3) is 21.8 Å². The molecule has 1 atom stereocenters. The molecule has 0 aliphatic rings. The molecule has 0 fully saturated rings. The number of hydrogen-bond acceptors (Lipinski definition) is 6. The van der Waals surface area contributed by atoms with Crippen LogP contribution in [0.3, 0.4) is 0 Å². The lowest BCUT2D eigenvalue weighted by Gasteiger charge is -2.23. The third kappa shape index (κ3) is 3.15. The number of benzene rings is 4. The summed E-state index contributed by atoms with van der Waals surface area (Å²) in [6, 6.07) is 21.8. The Hall–Kier alpha value is -4.17. The molecule has 166 valence electrons. The molecule has 5 aromatic rings. The van der Waals surface area contributed by atoms with Crippen molar-refractivity contribution in [2.45, 2.75) is 10.3 Å². The van der Waals surface area contributed by atoms with Crippen LogP contribution in [0.5, 0.6) is 23.0 Å². The first kappa shape index (κ1) is 20.7. The number of phenols is 4. The fourth-order valence-corrected chi connectivity index (χ4v) is 6.01. The molecule has 1 aromatic heterocycles. The van der Waals surface area contributed by atoms with Gasteiger partial charge in [0.05, 0.1) is 15.9 Å². The second-order valence-electron chi connectivity index (χ2n) is 7.68. The lowest BCUT2D eigenvalue weighted by molar-refractivity contribution is 0.404. The minimum Gasteiger partial charge on any atom is -0.504 e. The zero-order chi connectivity index (χ0) is 23.3. The molecule has 4 aromatic carbocycles. The highest BCUT2D eigenvalue weighted by Gasteiger charge is 2.34. The van der Waals surface area contributed by atoms with Crippen molar-refractivity contribution in [3.63, 3.8) is 0 Å². The average Bonchev–Trinajstić information content (AvgIpc) is 3.11. The normalized spacial score (nSPS) is 12.8. The predicted octanol–water partition coefficient (Wildman–Crippen LogP) is 4.64. The summed E-state index contributed by atoms with van der Waals surface area (Å²) >= 11 is 0. The van der Waals surface area contributed by atoms with Gasteiger partial charge in [-0.3, -0.25) is 0 Å². The number of aromatic hydroxyl groups is 4. The average molecular weight is 461 g/mol. The van der Waals surface area contributed by atoms with E-state index in [2.05, 4.69) is 0 Å². The highest BCUT2D eigenvalue weighted by Crippen LogP contribution is 2.46. The van der Waals surface area contributed by atoms with Gasteiger partial charge in [-0.1, -0.05) is 48.5 Å². The van der Waals surface area contributed by atoms with Gasteiger partial charge in [0.25, 0.3) is 0 Å². The maximum atomic E-state index is 14.0. The zero-order valence-electron chi connectivity index (χ0n) is 17.1. The van der Waals surface area contributed by atoms with Crippen molar-refractivity contribution in [1.29, 1.82) is 0 Å². The molecule has 0 amide bonds. The van der Waals surface area contributed by atoms with E-state index in [-0.39, 0.29) is 15.9 Å². The number of phenolic OH excluding ortho intramolecular Hbond substituents is 4. The summed E-state index contributed by atoms with van der Waals surface area (Å²) in [5, 5.41) is 40.9. The second-order valence-corrected chi connectivity index (χ2v) is 9.69. The van der Waals surface area contributed by atoms with Crippen molar-refractivity contribution in [3.05, 3.63) is 90.5 Å². The molecule has 0 aliphatic carbocycles. The summed E-state index contributed by atoms with van der Waals surface area (Å²) in [4.78, 5) is 0.0662. The summed E-state index contributed by atoms with van der Waals surface area (Å²) in [5.41, 5.74) is 0.730. The van der Waals surface area contributed by atoms with E-state index in [0.29, 0.717) is 16.3 Å². The summed E-state index contributed by atoms with van der Waals surface area (Å²) < 4.78 is 29.4. The van der Waals surface area contributed by atoms with Gasteiger partial charge in [-0.2, -0.15) is 0 Å². The SMILES string of the molecule is O=S(=O)(c1ccccc1)C(c1ccccc1)n1c2cc(O)c(O)cc2c2ccc(O)c(O)c21. The van der Waals surface area contributed by atoms with Crippen molar-refractivity contribution in [2.24, 2.45) is 0 Å². The Morgan fingerprint density at radius 2 is 1.27 bits per heavy atom. The summed E-state index contributed by atoms with van der Waals surface area (Å²) in [6.07, 6.45) is 0. The molecule has 0 aliphatic heterocycles. The number of fused-ring (bicyclic) bond motifs is 3. The fourth-order valence-electron chi connectivity index (χ4n) is 4.20. The Morgan fingerprint density at radius 1 is 0.667 bits per heavy atom. The monoisotopic (exact) mass is 461 g/mol. The van der Waals surface area contributed by atoms with Crippen LogP contribution in [0.1, 0.15) is 10.9 Å². The first-order chi connectivity index (χ1) is 15.8. The molecule has 0 bridgehead atoms. The minimum atomic E-state index is -4.09. The van der Waals surface area contributed by atoms with Gasteiger partial charge in [0, 0.05) is 16.8 Å². The molecule has 0 saturated heterocycles. The van der Waals surface area contributed by atoms with Gasteiger partial charge in [-0.15, -0.1) is 0 Å². The predicted molar refractivity (Wildman–Crippen MR) is 124 cm³/mol. The summed E-state index contributed by atoms with van der Waals surface area (Å²) in [5.74, 6) is -1.77. The van der Waals surface area contributed by atoms with E-state index in [1.807, 2.05) is 0 Å². The van der Waals surface area contributed by atoms with Gasteiger partial charge in [0.1, 0.15) is 0 Å². The van der Waals surface area contributed by atoms with E-state index >= 15 is 0 Å². The quantitative estimate of drug-likeness (QED) is 0.290. The molecule has 5 rings (SSSR count). The molecule has 1 heterocycles. The van der Waals surface area contributed by atoms with Crippen molar-refractivity contribution < 1.29 is 28.8 Å². The largest absolute Gasteiger partial charge is 0.504 e. The Morgan fingerprint density at radius 3 is 1.94 bits per heavy atom. The third-order valence-electron chi connectivity index (χ3n) is 5.70. The molecule has 0 spiro atoms. The van der Waals surface area contributed by atoms with E-state index in [0.717, 1.165) is 0 Å². The standard InChI is InChI=1S/C25H19NO6S/c27-20-12-11-17-18-13-21(28)22(29)14-19(18)26(23(17)24(20)30)25(15-7-3-1-4-8-15)33(31,32)16-9-5-2-6-10-16/h1-14,25,27-30H. The van der Waals surface area contributed by atoms with E-state index in [9.17, 15) is 28.8 Å². The highest BCUT2D eigenvalue weighted by molar-refractivity contribution is 7.91. The highest BCUT2D eigenvalue weighted by atomic mass is 32.2. The maximum Gasteiger partial charge on any atom is 0.204 e. The van der Waals surface area contributed by atoms with Gasteiger partial charge in [0.15, 0.2) is 28.4 Å². The fraction of sp³-hybridized carbons (Fsp3) is 0.0400. The Balaban J connectivity index is 1.99. The van der Waals surface area contributed by atoms with Gasteiger partial charge in [-0.25, -0.2) is 8.42 Å². The molecule has 0 saturated carbocycles. The molecule has 8 heteroatoms. The molecule has 7 nitrogen and oxygen atoms in total. The molecule has 33 heavy (non-hydrogen) atoms. The van der Waals surface area contributed by atoms with Crippen molar-refractivity contribution in [2.75, 3.05) is 0 Å². The Kier molecular flexibility index (Phi) is 4.68. The van der Waals surface area contributed by atoms with Crippen LogP contribution < -0.4 is 0 Å². The number of hydrogen-bond donors (Lipinski definition) is 4. The van der Waals surface area contributed by atoms with Gasteiger partial charge >= 0.3 is 0 Å². The summed E-state index contributed by atoms with van der Waals surface area (Å²) in [6.45, 7) is 0. The van der Waals surface area contributed by atoms with Gasteiger partial charge in [0.2, 0.25) is 9.84 Å². The smallest absolute Gasteiger partial charge is 0.204 e. The van der Waals surface area contributed by atoms with Crippen LogP contribution in [0.2, 0.25) is 0 Å². The van der Waals surface area contributed by atoms with Crippen LogP contribution in [0, 0.1) is 0 Å². The molecular weight excluding hydrogens is 442 g/mol.